The van der Waals surface area contributed by atoms with Crippen LogP contribution in [-0.2, 0) is 18.9 Å². The van der Waals surface area contributed by atoms with Crippen LogP contribution < -0.4 is 5.56 Å². The summed E-state index contributed by atoms with van der Waals surface area (Å²) in [7, 11) is 3.41. The third-order valence-electron chi connectivity index (χ3n) is 3.57. The Morgan fingerprint density at radius 2 is 1.96 bits per heavy atom. The van der Waals surface area contributed by atoms with Gasteiger partial charge in [0.05, 0.1) is 5.75 Å². The van der Waals surface area contributed by atoms with E-state index in [9.17, 15) is 9.59 Å². The van der Waals surface area contributed by atoms with Crippen LogP contribution in [0.15, 0.2) is 46.5 Å². The monoisotopic (exact) mass is 329 g/mol. The molecule has 0 unspecified atom stereocenters. The lowest BCUT2D eigenvalue weighted by Crippen LogP contribution is -2.21. The molecule has 1 N–H and O–H groups in total. The van der Waals surface area contributed by atoms with Crippen molar-refractivity contribution in [3.05, 3.63) is 46.9 Å². The van der Waals surface area contributed by atoms with Gasteiger partial charge in [-0.1, -0.05) is 42.1 Å². The second kappa shape index (κ2) is 5.92. The molecule has 0 bridgehead atoms. The molecule has 2 heterocycles. The molecule has 0 aliphatic carbocycles. The summed E-state index contributed by atoms with van der Waals surface area (Å²) in [4.78, 5) is 27.9. The largest absolute Gasteiger partial charge is 0.481 e. The van der Waals surface area contributed by atoms with E-state index in [0.29, 0.717) is 16.2 Å². The fraction of sp³-hybridized carbons (Fsp3) is 0.188. The average molecular weight is 329 g/mol. The number of aromatic nitrogens is 3. The second-order valence-electron chi connectivity index (χ2n) is 5.16. The highest BCUT2D eigenvalue weighted by molar-refractivity contribution is 7.99. The van der Waals surface area contributed by atoms with Crippen molar-refractivity contribution in [1.82, 2.24) is 14.1 Å². The van der Waals surface area contributed by atoms with E-state index in [0.717, 1.165) is 22.9 Å². The lowest BCUT2D eigenvalue weighted by Gasteiger charge is -2.07. The molecule has 0 fully saturated rings. The summed E-state index contributed by atoms with van der Waals surface area (Å²) in [6.45, 7) is 0. The lowest BCUT2D eigenvalue weighted by molar-refractivity contribution is -0.133. The van der Waals surface area contributed by atoms with Crippen molar-refractivity contribution < 1.29 is 9.90 Å². The highest BCUT2D eigenvalue weighted by atomic mass is 32.2. The number of thioether (sulfide) groups is 1. The molecule has 0 aliphatic heterocycles. The van der Waals surface area contributed by atoms with Crippen molar-refractivity contribution >= 4 is 28.8 Å². The quantitative estimate of drug-likeness (QED) is 0.586. The smallest absolute Gasteiger partial charge is 0.313 e. The van der Waals surface area contributed by atoms with Gasteiger partial charge >= 0.3 is 5.97 Å². The Morgan fingerprint density at radius 3 is 2.61 bits per heavy atom. The fourth-order valence-electron chi connectivity index (χ4n) is 2.48. The van der Waals surface area contributed by atoms with Crippen LogP contribution in [0.5, 0.6) is 0 Å². The molecule has 0 aliphatic rings. The molecule has 3 rings (SSSR count). The standard InChI is InChI=1S/C16H15N3O3S/c1-18-8-11(10-6-4-3-5-7-10)13-14(18)15(22)19(2)16(17-13)23-9-12(20)21/h3-8H,9H2,1-2H3,(H,20,21). The zero-order valence-electron chi connectivity index (χ0n) is 12.7. The minimum atomic E-state index is -0.944. The summed E-state index contributed by atoms with van der Waals surface area (Å²) in [5.41, 5.74) is 2.74. The highest BCUT2D eigenvalue weighted by Crippen LogP contribution is 2.28. The normalized spacial score (nSPS) is 11.0. The molecule has 0 saturated heterocycles. The summed E-state index contributed by atoms with van der Waals surface area (Å²) in [5.74, 6) is -1.08. The first-order chi connectivity index (χ1) is 11.0. The average Bonchev–Trinajstić information content (AvgIpc) is 2.87. The zero-order valence-corrected chi connectivity index (χ0v) is 13.5. The third kappa shape index (κ3) is 2.75. The number of carboxylic acid groups (broad SMARTS) is 1. The van der Waals surface area contributed by atoms with Crippen LogP contribution >= 0.6 is 11.8 Å². The predicted molar refractivity (Wildman–Crippen MR) is 89.8 cm³/mol. The van der Waals surface area contributed by atoms with Crippen LogP contribution in [0.2, 0.25) is 0 Å². The highest BCUT2D eigenvalue weighted by Gasteiger charge is 2.17. The number of fused-ring (bicyclic) bond motifs is 1. The topological polar surface area (TPSA) is 77.1 Å². The maximum atomic E-state index is 12.6. The molecule has 3 aromatic rings. The molecular weight excluding hydrogens is 314 g/mol. The SMILES string of the molecule is Cn1c(SCC(=O)O)nc2c(-c3ccccc3)cn(C)c2c1=O. The van der Waals surface area contributed by atoms with Gasteiger partial charge in [-0.05, 0) is 5.56 Å². The van der Waals surface area contributed by atoms with Crippen LogP contribution in [-0.4, -0.2) is 30.9 Å². The van der Waals surface area contributed by atoms with Gasteiger partial charge in [-0.25, -0.2) is 4.98 Å². The summed E-state index contributed by atoms with van der Waals surface area (Å²) < 4.78 is 3.16. The molecule has 0 radical (unpaired) electrons. The molecule has 0 saturated carbocycles. The Kier molecular flexibility index (Phi) is 3.96. The molecular formula is C16H15N3O3S. The summed E-state index contributed by atoms with van der Waals surface area (Å²) in [6, 6.07) is 9.69. The Balaban J connectivity index is 2.24. The molecule has 0 amide bonds. The van der Waals surface area contributed by atoms with Gasteiger partial charge in [0.2, 0.25) is 0 Å². The number of hydrogen-bond acceptors (Lipinski definition) is 4. The summed E-state index contributed by atoms with van der Waals surface area (Å²) in [5, 5.41) is 9.24. The first-order valence-electron chi connectivity index (χ1n) is 6.95. The molecule has 7 heteroatoms. The van der Waals surface area contributed by atoms with Crippen molar-refractivity contribution in [3.8, 4) is 11.1 Å². The number of carboxylic acids is 1. The Labute approximate surface area is 136 Å². The van der Waals surface area contributed by atoms with Crippen molar-refractivity contribution in [2.45, 2.75) is 5.16 Å². The maximum absolute atomic E-state index is 12.6. The van der Waals surface area contributed by atoms with E-state index in [1.165, 1.54) is 4.57 Å². The van der Waals surface area contributed by atoms with Gasteiger partial charge in [-0.2, -0.15) is 0 Å². The predicted octanol–water partition coefficient (Wildman–Crippen LogP) is 2.12. The first kappa shape index (κ1) is 15.4. The van der Waals surface area contributed by atoms with Gasteiger partial charge < -0.3 is 9.67 Å². The maximum Gasteiger partial charge on any atom is 0.313 e. The second-order valence-corrected chi connectivity index (χ2v) is 6.10. The minimum absolute atomic E-state index is 0.140. The molecule has 2 aromatic heterocycles. The number of nitrogens with zero attached hydrogens (tertiary/aromatic N) is 3. The van der Waals surface area contributed by atoms with Gasteiger partial charge in [-0.15, -0.1) is 0 Å². The van der Waals surface area contributed by atoms with E-state index in [-0.39, 0.29) is 11.3 Å². The van der Waals surface area contributed by atoms with Gasteiger partial charge in [0.1, 0.15) is 11.0 Å². The van der Waals surface area contributed by atoms with Crippen molar-refractivity contribution in [1.29, 1.82) is 0 Å². The van der Waals surface area contributed by atoms with Crippen LogP contribution in [0.3, 0.4) is 0 Å². The van der Waals surface area contributed by atoms with E-state index in [1.807, 2.05) is 43.6 Å². The van der Waals surface area contributed by atoms with Crippen LogP contribution in [0.4, 0.5) is 0 Å². The number of benzene rings is 1. The lowest BCUT2D eigenvalue weighted by atomic mass is 10.1. The van der Waals surface area contributed by atoms with Crippen molar-refractivity contribution in [2.24, 2.45) is 14.1 Å². The minimum Gasteiger partial charge on any atom is -0.481 e. The van der Waals surface area contributed by atoms with Crippen molar-refractivity contribution in [3.63, 3.8) is 0 Å². The first-order valence-corrected chi connectivity index (χ1v) is 7.93. The van der Waals surface area contributed by atoms with Gasteiger partial charge in [0, 0.05) is 25.9 Å². The number of hydrogen-bond donors (Lipinski definition) is 1. The van der Waals surface area contributed by atoms with Gasteiger partial charge in [0.15, 0.2) is 5.16 Å². The van der Waals surface area contributed by atoms with Crippen LogP contribution in [0.25, 0.3) is 22.2 Å². The number of aryl methyl sites for hydroxylation is 1. The van der Waals surface area contributed by atoms with E-state index in [2.05, 4.69) is 4.98 Å². The summed E-state index contributed by atoms with van der Waals surface area (Å²) >= 11 is 1.04. The molecule has 0 spiro atoms. The Morgan fingerprint density at radius 1 is 1.26 bits per heavy atom. The number of aliphatic carboxylic acids is 1. The van der Waals surface area contributed by atoms with Crippen LogP contribution in [0.1, 0.15) is 0 Å². The van der Waals surface area contributed by atoms with E-state index in [4.69, 9.17) is 5.11 Å². The van der Waals surface area contributed by atoms with Gasteiger partial charge in [0.25, 0.3) is 5.56 Å². The van der Waals surface area contributed by atoms with E-state index < -0.39 is 5.97 Å². The van der Waals surface area contributed by atoms with Crippen LogP contribution in [0, 0.1) is 0 Å². The molecule has 23 heavy (non-hydrogen) atoms. The Bertz CT molecular complexity index is 945. The number of rotatable bonds is 4. The number of carbonyl (C=O) groups is 1. The third-order valence-corrected chi connectivity index (χ3v) is 4.58. The Hall–Kier alpha value is -2.54. The summed E-state index contributed by atoms with van der Waals surface area (Å²) in [6.07, 6.45) is 1.88. The molecule has 1 aromatic carbocycles. The zero-order chi connectivity index (χ0) is 16.6. The molecule has 118 valence electrons. The van der Waals surface area contributed by atoms with Gasteiger partial charge in [-0.3, -0.25) is 14.2 Å². The molecule has 0 atom stereocenters. The van der Waals surface area contributed by atoms with E-state index >= 15 is 0 Å². The molecule has 6 nitrogen and oxygen atoms in total. The fourth-order valence-corrected chi connectivity index (χ4v) is 3.16. The van der Waals surface area contributed by atoms with Crippen molar-refractivity contribution in [2.75, 3.05) is 5.75 Å². The van der Waals surface area contributed by atoms with E-state index in [1.54, 1.807) is 11.6 Å².